The number of methoxy groups -OCH3 is 1. The van der Waals surface area contributed by atoms with Crippen LogP contribution in [0.25, 0.3) is 11.3 Å². The molecule has 0 radical (unpaired) electrons. The van der Waals surface area contributed by atoms with E-state index in [1.807, 2.05) is 18.2 Å². The Labute approximate surface area is 100 Å². The molecule has 0 bridgehead atoms. The van der Waals surface area contributed by atoms with E-state index in [9.17, 15) is 0 Å². The van der Waals surface area contributed by atoms with E-state index in [4.69, 9.17) is 15.0 Å². The van der Waals surface area contributed by atoms with Gasteiger partial charge in [-0.05, 0) is 37.1 Å². The van der Waals surface area contributed by atoms with E-state index in [0.29, 0.717) is 12.3 Å². The molecule has 1 aromatic heterocycles. The van der Waals surface area contributed by atoms with Crippen molar-refractivity contribution >= 4 is 0 Å². The minimum absolute atomic E-state index is 0.347. The zero-order valence-electron chi connectivity index (χ0n) is 10.3. The van der Waals surface area contributed by atoms with Crippen molar-refractivity contribution in [3.8, 4) is 17.0 Å². The maximum Gasteiger partial charge on any atom is 0.150 e. The summed E-state index contributed by atoms with van der Waals surface area (Å²) in [6.07, 6.45) is 0. The van der Waals surface area contributed by atoms with Gasteiger partial charge in [0.05, 0.1) is 13.7 Å². The molecule has 1 heterocycles. The lowest BCUT2D eigenvalue weighted by Crippen LogP contribution is -1.93. The summed E-state index contributed by atoms with van der Waals surface area (Å²) in [5.41, 5.74) is 9.57. The second kappa shape index (κ2) is 4.59. The molecule has 2 rings (SSSR count). The molecule has 1 aromatic carbocycles. The van der Waals surface area contributed by atoms with Gasteiger partial charge < -0.3 is 15.0 Å². The van der Waals surface area contributed by atoms with Crippen molar-refractivity contribution < 1.29 is 9.26 Å². The normalized spacial score (nSPS) is 10.6. The van der Waals surface area contributed by atoms with E-state index in [1.165, 1.54) is 11.1 Å². The van der Waals surface area contributed by atoms with Gasteiger partial charge in [0.1, 0.15) is 11.4 Å². The first-order chi connectivity index (χ1) is 8.15. The fraction of sp³-hybridized carbons (Fsp3) is 0.308. The highest BCUT2D eigenvalue weighted by Gasteiger charge is 2.12. The highest BCUT2D eigenvalue weighted by molar-refractivity contribution is 5.69. The zero-order chi connectivity index (χ0) is 12.4. The first-order valence-electron chi connectivity index (χ1n) is 5.47. The third-order valence-corrected chi connectivity index (χ3v) is 2.85. The van der Waals surface area contributed by atoms with Crippen LogP contribution in [0.5, 0.6) is 5.75 Å². The van der Waals surface area contributed by atoms with Crippen LogP contribution in [0.15, 0.2) is 22.7 Å². The van der Waals surface area contributed by atoms with Crippen LogP contribution in [0, 0.1) is 13.8 Å². The Morgan fingerprint density at radius 2 is 1.94 bits per heavy atom. The fourth-order valence-electron chi connectivity index (χ4n) is 1.69. The largest absolute Gasteiger partial charge is 0.496 e. The van der Waals surface area contributed by atoms with Crippen molar-refractivity contribution in [1.82, 2.24) is 5.16 Å². The Bertz CT molecular complexity index is 532. The van der Waals surface area contributed by atoms with Gasteiger partial charge >= 0.3 is 0 Å². The van der Waals surface area contributed by atoms with E-state index in [0.717, 1.165) is 17.0 Å². The number of rotatable bonds is 3. The average Bonchev–Trinajstić information content (AvgIpc) is 2.80. The number of nitrogens with zero attached hydrogens (tertiary/aromatic N) is 1. The van der Waals surface area contributed by atoms with Crippen LogP contribution in [-0.4, -0.2) is 12.3 Å². The van der Waals surface area contributed by atoms with Crippen molar-refractivity contribution in [1.29, 1.82) is 0 Å². The summed E-state index contributed by atoms with van der Waals surface area (Å²) >= 11 is 0. The van der Waals surface area contributed by atoms with Gasteiger partial charge in [0.2, 0.25) is 0 Å². The van der Waals surface area contributed by atoms with E-state index >= 15 is 0 Å². The van der Waals surface area contributed by atoms with Gasteiger partial charge in [-0.25, -0.2) is 0 Å². The van der Waals surface area contributed by atoms with Gasteiger partial charge in [-0.15, -0.1) is 0 Å². The van der Waals surface area contributed by atoms with Gasteiger partial charge in [0.25, 0.3) is 0 Å². The molecule has 0 aliphatic carbocycles. The lowest BCUT2D eigenvalue weighted by atomic mass is 10.0. The third-order valence-electron chi connectivity index (χ3n) is 2.85. The molecular weight excluding hydrogens is 216 g/mol. The monoisotopic (exact) mass is 232 g/mol. The summed E-state index contributed by atoms with van der Waals surface area (Å²) in [4.78, 5) is 0. The summed E-state index contributed by atoms with van der Waals surface area (Å²) in [5, 5.41) is 4.00. The standard InChI is InChI=1S/C13H16N2O2/c1-8-4-11(13(16-3)5-9(8)2)12-6-10(7-14)17-15-12/h4-6H,7,14H2,1-3H3. The van der Waals surface area contributed by atoms with Crippen molar-refractivity contribution in [2.45, 2.75) is 20.4 Å². The Morgan fingerprint density at radius 1 is 1.24 bits per heavy atom. The summed E-state index contributed by atoms with van der Waals surface area (Å²) in [6, 6.07) is 5.89. The first kappa shape index (κ1) is 11.7. The van der Waals surface area contributed by atoms with Crippen molar-refractivity contribution in [3.05, 3.63) is 35.1 Å². The molecule has 0 amide bonds. The summed E-state index contributed by atoms with van der Waals surface area (Å²) in [7, 11) is 1.65. The van der Waals surface area contributed by atoms with Crippen molar-refractivity contribution in [2.24, 2.45) is 5.73 Å². The number of benzene rings is 1. The number of nitrogens with two attached hydrogens (primary N) is 1. The maximum absolute atomic E-state index is 5.50. The molecule has 17 heavy (non-hydrogen) atoms. The number of hydrogen-bond donors (Lipinski definition) is 1. The minimum atomic E-state index is 0.347. The van der Waals surface area contributed by atoms with Gasteiger partial charge in [0, 0.05) is 11.6 Å². The summed E-state index contributed by atoms with van der Waals surface area (Å²) in [5.74, 6) is 1.46. The van der Waals surface area contributed by atoms with Crippen LogP contribution in [0.4, 0.5) is 0 Å². The lowest BCUT2D eigenvalue weighted by molar-refractivity contribution is 0.385. The third kappa shape index (κ3) is 2.17. The Balaban J connectivity index is 2.53. The molecule has 0 aliphatic heterocycles. The van der Waals surface area contributed by atoms with Crippen LogP contribution in [0.1, 0.15) is 16.9 Å². The Hall–Kier alpha value is -1.81. The van der Waals surface area contributed by atoms with Crippen LogP contribution >= 0.6 is 0 Å². The van der Waals surface area contributed by atoms with Gasteiger partial charge in [0.15, 0.2) is 5.76 Å². The highest BCUT2D eigenvalue weighted by Crippen LogP contribution is 2.32. The fourth-order valence-corrected chi connectivity index (χ4v) is 1.69. The molecule has 0 aliphatic rings. The molecule has 2 aromatic rings. The van der Waals surface area contributed by atoms with Crippen molar-refractivity contribution in [3.63, 3.8) is 0 Å². The topological polar surface area (TPSA) is 61.3 Å². The molecule has 4 heteroatoms. The number of hydrogen-bond acceptors (Lipinski definition) is 4. The molecule has 90 valence electrons. The van der Waals surface area contributed by atoms with Crippen LogP contribution in [-0.2, 0) is 6.54 Å². The van der Waals surface area contributed by atoms with Crippen molar-refractivity contribution in [2.75, 3.05) is 7.11 Å². The van der Waals surface area contributed by atoms with E-state index in [2.05, 4.69) is 19.0 Å². The number of aromatic nitrogens is 1. The molecule has 0 unspecified atom stereocenters. The Morgan fingerprint density at radius 3 is 2.53 bits per heavy atom. The average molecular weight is 232 g/mol. The predicted molar refractivity (Wildman–Crippen MR) is 65.9 cm³/mol. The van der Waals surface area contributed by atoms with Gasteiger partial charge in [-0.3, -0.25) is 0 Å². The molecule has 0 fully saturated rings. The highest BCUT2D eigenvalue weighted by atomic mass is 16.5. The smallest absolute Gasteiger partial charge is 0.150 e. The van der Waals surface area contributed by atoms with Crippen LogP contribution < -0.4 is 10.5 Å². The summed E-state index contributed by atoms with van der Waals surface area (Å²) < 4.78 is 10.5. The number of ether oxygens (including phenoxy) is 1. The van der Waals surface area contributed by atoms with Crippen LogP contribution in [0.3, 0.4) is 0 Å². The molecule has 4 nitrogen and oxygen atoms in total. The van der Waals surface area contributed by atoms with Crippen LogP contribution in [0.2, 0.25) is 0 Å². The first-order valence-corrected chi connectivity index (χ1v) is 5.47. The second-order valence-electron chi connectivity index (χ2n) is 4.02. The quantitative estimate of drug-likeness (QED) is 0.882. The number of aryl methyl sites for hydroxylation is 2. The molecule has 0 atom stereocenters. The van der Waals surface area contributed by atoms with E-state index in [1.54, 1.807) is 7.11 Å². The molecule has 0 saturated carbocycles. The predicted octanol–water partition coefficient (Wildman–Crippen LogP) is 2.43. The van der Waals surface area contributed by atoms with Gasteiger partial charge in [-0.2, -0.15) is 0 Å². The maximum atomic E-state index is 5.50. The lowest BCUT2D eigenvalue weighted by Gasteiger charge is -2.09. The molecular formula is C13H16N2O2. The molecule has 0 saturated heterocycles. The van der Waals surface area contributed by atoms with E-state index in [-0.39, 0.29) is 0 Å². The second-order valence-corrected chi connectivity index (χ2v) is 4.02. The van der Waals surface area contributed by atoms with E-state index < -0.39 is 0 Å². The molecule has 2 N–H and O–H groups in total. The zero-order valence-corrected chi connectivity index (χ0v) is 10.3. The SMILES string of the molecule is COc1cc(C)c(C)cc1-c1cc(CN)on1. The summed E-state index contributed by atoms with van der Waals surface area (Å²) in [6.45, 7) is 4.46. The molecule has 0 spiro atoms. The van der Waals surface area contributed by atoms with Gasteiger partial charge in [-0.1, -0.05) is 5.16 Å². The minimum Gasteiger partial charge on any atom is -0.496 e. The Kier molecular flexibility index (Phi) is 3.15.